The summed E-state index contributed by atoms with van der Waals surface area (Å²) in [6.45, 7) is 4.00. The third-order valence-electron chi connectivity index (χ3n) is 5.32. The fourth-order valence-electron chi connectivity index (χ4n) is 3.44. The summed E-state index contributed by atoms with van der Waals surface area (Å²) in [5.74, 6) is 1.02. The largest absolute Gasteiger partial charge is 0.321 e. The van der Waals surface area contributed by atoms with Gasteiger partial charge in [-0.15, -0.1) is 5.10 Å². The maximum absolute atomic E-state index is 12.8. The molecule has 0 atom stereocenters. The minimum Gasteiger partial charge on any atom is -0.321 e. The van der Waals surface area contributed by atoms with Crippen molar-refractivity contribution in [1.82, 2.24) is 19.6 Å². The van der Waals surface area contributed by atoms with E-state index in [-0.39, 0.29) is 5.91 Å². The first-order chi connectivity index (χ1) is 16.1. The second-order valence-electron chi connectivity index (χ2n) is 7.56. The Balaban J connectivity index is 1.54. The van der Waals surface area contributed by atoms with Crippen molar-refractivity contribution >= 4 is 29.1 Å². The van der Waals surface area contributed by atoms with E-state index in [1.807, 2.05) is 86.6 Å². The highest BCUT2D eigenvalue weighted by Crippen LogP contribution is 2.36. The molecule has 162 valence electrons. The normalized spacial score (nSPS) is 11.0. The van der Waals surface area contributed by atoms with Crippen LogP contribution in [0.25, 0.3) is 17.2 Å². The topological polar surface area (TPSA) is 72.2 Å². The number of aryl methyl sites for hydroxylation is 1. The van der Waals surface area contributed by atoms with E-state index >= 15 is 0 Å². The van der Waals surface area contributed by atoms with Gasteiger partial charge >= 0.3 is 0 Å². The monoisotopic (exact) mass is 451 g/mol. The summed E-state index contributed by atoms with van der Waals surface area (Å²) < 4.78 is 1.78. The Hall–Kier alpha value is -3.97. The molecular formula is C26H21N5OS. The maximum Gasteiger partial charge on any atom is 0.255 e. The van der Waals surface area contributed by atoms with Gasteiger partial charge in [-0.1, -0.05) is 72.4 Å². The number of nitrogens with zero attached hydrogens (tertiary/aromatic N) is 4. The Morgan fingerprint density at radius 3 is 2.27 bits per heavy atom. The lowest BCUT2D eigenvalue weighted by Crippen LogP contribution is -2.12. The number of anilines is 1. The van der Waals surface area contributed by atoms with Crippen LogP contribution in [0.2, 0.25) is 0 Å². The molecule has 0 saturated heterocycles. The Kier molecular flexibility index (Phi) is 5.62. The number of para-hydroxylation sites is 1. The highest BCUT2D eigenvalue weighted by atomic mass is 32.2. The summed E-state index contributed by atoms with van der Waals surface area (Å²) in [7, 11) is 0. The number of hydrogen-bond acceptors (Lipinski definition) is 5. The van der Waals surface area contributed by atoms with Crippen LogP contribution in [0.15, 0.2) is 94.9 Å². The first-order valence-corrected chi connectivity index (χ1v) is 11.3. The molecule has 0 aliphatic heterocycles. The molecule has 2 aromatic heterocycles. The van der Waals surface area contributed by atoms with E-state index in [0.717, 1.165) is 32.4 Å². The Morgan fingerprint density at radius 2 is 1.52 bits per heavy atom. The van der Waals surface area contributed by atoms with Crippen molar-refractivity contribution < 1.29 is 4.79 Å². The van der Waals surface area contributed by atoms with Crippen LogP contribution < -0.4 is 5.32 Å². The van der Waals surface area contributed by atoms with Crippen LogP contribution in [-0.2, 0) is 0 Å². The van der Waals surface area contributed by atoms with E-state index in [9.17, 15) is 4.79 Å². The Morgan fingerprint density at radius 1 is 0.848 bits per heavy atom. The molecule has 0 saturated carbocycles. The number of hydrogen-bond donors (Lipinski definition) is 1. The predicted molar refractivity (Wildman–Crippen MR) is 131 cm³/mol. The molecule has 0 bridgehead atoms. The van der Waals surface area contributed by atoms with Crippen LogP contribution in [0, 0.1) is 13.8 Å². The van der Waals surface area contributed by atoms with Crippen molar-refractivity contribution in [3.05, 3.63) is 102 Å². The van der Waals surface area contributed by atoms with Gasteiger partial charge in [-0.3, -0.25) is 4.79 Å². The first-order valence-electron chi connectivity index (χ1n) is 10.5. The van der Waals surface area contributed by atoms with Gasteiger partial charge in [-0.25, -0.2) is 4.98 Å². The third kappa shape index (κ3) is 4.23. The minimum absolute atomic E-state index is 0.149. The number of rotatable bonds is 5. The standard InChI is InChI=1S/C26H21N5OS/c1-17-18(2)27-26-29-23(19-11-5-3-6-12-19)30-31(26)25(17)33-22-16-10-9-15-21(22)28-24(32)20-13-7-4-8-14-20/h3-16H,1-2H3,(H,28,32). The highest BCUT2D eigenvalue weighted by molar-refractivity contribution is 7.99. The summed E-state index contributed by atoms with van der Waals surface area (Å²) in [6.07, 6.45) is 0. The molecule has 7 heteroatoms. The Bertz CT molecular complexity index is 1450. The van der Waals surface area contributed by atoms with Gasteiger partial charge in [0.1, 0.15) is 5.03 Å². The average molecular weight is 452 g/mol. The van der Waals surface area contributed by atoms with Crippen molar-refractivity contribution in [1.29, 1.82) is 0 Å². The van der Waals surface area contributed by atoms with E-state index in [4.69, 9.17) is 5.10 Å². The minimum atomic E-state index is -0.149. The van der Waals surface area contributed by atoms with Gasteiger partial charge in [0.15, 0.2) is 5.82 Å². The molecule has 0 fully saturated rings. The maximum atomic E-state index is 12.8. The number of aromatic nitrogens is 4. The number of amides is 1. The lowest BCUT2D eigenvalue weighted by molar-refractivity contribution is 0.102. The van der Waals surface area contributed by atoms with Gasteiger partial charge in [-0.2, -0.15) is 9.50 Å². The van der Waals surface area contributed by atoms with Gasteiger partial charge in [0.25, 0.3) is 11.7 Å². The van der Waals surface area contributed by atoms with Crippen LogP contribution in [0.4, 0.5) is 5.69 Å². The van der Waals surface area contributed by atoms with E-state index in [1.54, 1.807) is 16.6 Å². The SMILES string of the molecule is Cc1nc2nc(-c3ccccc3)nn2c(Sc2ccccc2NC(=O)c2ccccc2)c1C. The first kappa shape index (κ1) is 20.9. The van der Waals surface area contributed by atoms with Gasteiger partial charge < -0.3 is 5.32 Å². The molecule has 0 aliphatic carbocycles. The van der Waals surface area contributed by atoms with E-state index in [0.29, 0.717) is 17.2 Å². The molecule has 0 spiro atoms. The van der Waals surface area contributed by atoms with Gasteiger partial charge in [-0.05, 0) is 38.1 Å². The molecule has 2 heterocycles. The number of fused-ring (bicyclic) bond motifs is 1. The second kappa shape index (κ2) is 8.88. The zero-order chi connectivity index (χ0) is 22.8. The highest BCUT2D eigenvalue weighted by Gasteiger charge is 2.18. The molecule has 3 aromatic carbocycles. The molecule has 1 amide bonds. The van der Waals surface area contributed by atoms with E-state index in [2.05, 4.69) is 15.3 Å². The van der Waals surface area contributed by atoms with Crippen LogP contribution in [0.5, 0.6) is 0 Å². The molecule has 0 unspecified atom stereocenters. The quantitative estimate of drug-likeness (QED) is 0.341. The summed E-state index contributed by atoms with van der Waals surface area (Å²) in [6, 6.07) is 26.8. The van der Waals surface area contributed by atoms with Crippen molar-refractivity contribution in [2.45, 2.75) is 23.8 Å². The summed E-state index contributed by atoms with van der Waals surface area (Å²) >= 11 is 1.54. The fraction of sp³-hybridized carbons (Fsp3) is 0.0769. The molecule has 33 heavy (non-hydrogen) atoms. The average Bonchev–Trinajstić information content (AvgIpc) is 3.28. The molecule has 5 rings (SSSR count). The summed E-state index contributed by atoms with van der Waals surface area (Å²) in [5.41, 5.74) is 4.19. The zero-order valence-corrected chi connectivity index (χ0v) is 19.0. The van der Waals surface area contributed by atoms with Crippen molar-refractivity contribution in [2.24, 2.45) is 0 Å². The van der Waals surface area contributed by atoms with Gasteiger partial charge in [0.05, 0.1) is 5.69 Å². The molecular weight excluding hydrogens is 430 g/mol. The molecule has 5 aromatic rings. The molecule has 0 aliphatic rings. The summed E-state index contributed by atoms with van der Waals surface area (Å²) in [5, 5.41) is 8.70. The van der Waals surface area contributed by atoms with Crippen molar-refractivity contribution in [3.8, 4) is 11.4 Å². The van der Waals surface area contributed by atoms with Crippen LogP contribution >= 0.6 is 11.8 Å². The van der Waals surface area contributed by atoms with Gasteiger partial charge in [0, 0.05) is 27.3 Å². The Labute approximate surface area is 195 Å². The third-order valence-corrected chi connectivity index (χ3v) is 6.57. The fourth-order valence-corrected chi connectivity index (χ4v) is 4.53. The van der Waals surface area contributed by atoms with Crippen LogP contribution in [0.3, 0.4) is 0 Å². The number of benzene rings is 3. The number of nitrogens with one attached hydrogen (secondary N) is 1. The lowest BCUT2D eigenvalue weighted by Gasteiger charge is -2.13. The van der Waals surface area contributed by atoms with E-state index < -0.39 is 0 Å². The van der Waals surface area contributed by atoms with Crippen LogP contribution in [0.1, 0.15) is 21.6 Å². The molecule has 1 N–H and O–H groups in total. The van der Waals surface area contributed by atoms with Gasteiger partial charge in [0.2, 0.25) is 0 Å². The number of carbonyl (C=O) groups is 1. The smallest absolute Gasteiger partial charge is 0.255 e. The number of carbonyl (C=O) groups excluding carboxylic acids is 1. The predicted octanol–water partition coefficient (Wildman–Crippen LogP) is 5.81. The van der Waals surface area contributed by atoms with Crippen LogP contribution in [-0.4, -0.2) is 25.5 Å². The van der Waals surface area contributed by atoms with Crippen molar-refractivity contribution in [2.75, 3.05) is 5.32 Å². The lowest BCUT2D eigenvalue weighted by atomic mass is 10.2. The zero-order valence-electron chi connectivity index (χ0n) is 18.2. The molecule has 6 nitrogen and oxygen atoms in total. The van der Waals surface area contributed by atoms with Crippen molar-refractivity contribution in [3.63, 3.8) is 0 Å². The summed E-state index contributed by atoms with van der Waals surface area (Å²) in [4.78, 5) is 23.0. The second-order valence-corrected chi connectivity index (χ2v) is 8.59. The molecule has 0 radical (unpaired) electrons. The van der Waals surface area contributed by atoms with E-state index in [1.165, 1.54) is 11.8 Å².